The number of nitrogens with zero attached hydrogens (tertiary/aromatic N) is 1. The van der Waals surface area contributed by atoms with Gasteiger partial charge >= 0.3 is 0 Å². The molecule has 1 aromatic rings. The van der Waals surface area contributed by atoms with Crippen LogP contribution in [-0.2, 0) is 20.7 Å². The summed E-state index contributed by atoms with van der Waals surface area (Å²) in [4.78, 5) is 22.9. The van der Waals surface area contributed by atoms with E-state index >= 15 is 0 Å². The minimum Gasteiger partial charge on any atom is -0.372 e. The Morgan fingerprint density at radius 1 is 1.40 bits per heavy atom. The number of primary amides is 1. The van der Waals surface area contributed by atoms with Crippen LogP contribution in [0.4, 0.5) is 0 Å². The lowest BCUT2D eigenvalue weighted by atomic mass is 10.0. The van der Waals surface area contributed by atoms with E-state index in [2.05, 4.69) is 5.32 Å². The molecule has 0 heterocycles. The fraction of sp³-hybridized carbons (Fsp3) is 0.357. The van der Waals surface area contributed by atoms with E-state index in [1.54, 1.807) is 31.2 Å². The molecule has 20 heavy (non-hydrogen) atoms. The molecule has 2 amide bonds. The summed E-state index contributed by atoms with van der Waals surface area (Å²) in [5.41, 5.74) is 6.61. The van der Waals surface area contributed by atoms with Crippen molar-refractivity contribution in [3.05, 3.63) is 35.4 Å². The van der Waals surface area contributed by atoms with E-state index in [0.717, 1.165) is 5.56 Å². The van der Waals surface area contributed by atoms with Crippen molar-refractivity contribution in [1.29, 1.82) is 5.26 Å². The predicted molar refractivity (Wildman–Crippen MR) is 72.5 cm³/mol. The molecule has 0 spiro atoms. The van der Waals surface area contributed by atoms with Gasteiger partial charge in [-0.05, 0) is 24.6 Å². The second-order valence-corrected chi connectivity index (χ2v) is 4.17. The van der Waals surface area contributed by atoms with E-state index in [9.17, 15) is 9.59 Å². The number of nitrogens with two attached hydrogens (primary N) is 1. The van der Waals surface area contributed by atoms with Crippen LogP contribution in [-0.4, -0.2) is 31.1 Å². The van der Waals surface area contributed by atoms with Crippen LogP contribution < -0.4 is 11.1 Å². The van der Waals surface area contributed by atoms with Crippen LogP contribution in [0.5, 0.6) is 0 Å². The molecular formula is C14H17N3O3. The first-order valence-corrected chi connectivity index (χ1v) is 6.22. The Hall–Kier alpha value is -2.39. The van der Waals surface area contributed by atoms with Gasteiger partial charge in [-0.3, -0.25) is 9.59 Å². The summed E-state index contributed by atoms with van der Waals surface area (Å²) in [5, 5.41) is 11.2. The van der Waals surface area contributed by atoms with Crippen LogP contribution in [0.15, 0.2) is 24.3 Å². The van der Waals surface area contributed by atoms with Crippen molar-refractivity contribution >= 4 is 11.8 Å². The van der Waals surface area contributed by atoms with Gasteiger partial charge in [0.05, 0.1) is 11.6 Å². The van der Waals surface area contributed by atoms with Crippen LogP contribution in [0.2, 0.25) is 0 Å². The molecule has 3 N–H and O–H groups in total. The Balaban J connectivity index is 2.64. The summed E-state index contributed by atoms with van der Waals surface area (Å²) in [6, 6.07) is 7.96. The zero-order valence-corrected chi connectivity index (χ0v) is 11.3. The highest BCUT2D eigenvalue weighted by molar-refractivity contribution is 5.87. The normalized spacial score (nSPS) is 11.4. The summed E-state index contributed by atoms with van der Waals surface area (Å²) in [7, 11) is 0. The molecule has 0 aliphatic heterocycles. The van der Waals surface area contributed by atoms with E-state index in [1.165, 1.54) is 0 Å². The number of benzene rings is 1. The number of nitrogens with one attached hydrogen (secondary N) is 1. The maximum absolute atomic E-state index is 11.5. The van der Waals surface area contributed by atoms with Gasteiger partial charge in [-0.2, -0.15) is 5.26 Å². The Morgan fingerprint density at radius 3 is 2.55 bits per heavy atom. The number of carbonyl (C=O) groups excluding carboxylic acids is 2. The molecule has 6 nitrogen and oxygen atoms in total. The number of carbonyl (C=O) groups is 2. The number of rotatable bonds is 7. The number of ether oxygens (including phenoxy) is 1. The van der Waals surface area contributed by atoms with Crippen LogP contribution >= 0.6 is 0 Å². The summed E-state index contributed by atoms with van der Waals surface area (Å²) in [5.74, 6) is -0.997. The molecule has 0 saturated heterocycles. The summed E-state index contributed by atoms with van der Waals surface area (Å²) in [6.07, 6.45) is 0.277. The molecule has 0 fully saturated rings. The first-order chi connectivity index (χ1) is 9.56. The molecule has 0 aromatic heterocycles. The molecule has 0 unspecified atom stereocenters. The van der Waals surface area contributed by atoms with Gasteiger partial charge in [-0.25, -0.2) is 0 Å². The van der Waals surface area contributed by atoms with Gasteiger partial charge in [-0.1, -0.05) is 12.1 Å². The highest BCUT2D eigenvalue weighted by atomic mass is 16.5. The Bertz CT molecular complexity index is 505. The molecule has 0 radical (unpaired) electrons. The summed E-state index contributed by atoms with van der Waals surface area (Å²) < 4.78 is 4.96. The van der Waals surface area contributed by atoms with Crippen LogP contribution in [0.3, 0.4) is 0 Å². The second-order valence-electron chi connectivity index (χ2n) is 4.17. The number of amides is 2. The molecule has 0 bridgehead atoms. The third kappa shape index (κ3) is 5.08. The predicted octanol–water partition coefficient (Wildman–Crippen LogP) is 0.107. The average molecular weight is 275 g/mol. The fourth-order valence-corrected chi connectivity index (χ4v) is 1.60. The molecule has 1 aromatic carbocycles. The maximum Gasteiger partial charge on any atom is 0.246 e. The number of hydrogen-bond donors (Lipinski definition) is 2. The molecule has 0 aliphatic rings. The lowest BCUT2D eigenvalue weighted by molar-refractivity contribution is -0.130. The highest BCUT2D eigenvalue weighted by Gasteiger charge is 2.18. The summed E-state index contributed by atoms with van der Waals surface area (Å²) in [6.45, 7) is 2.09. The van der Waals surface area contributed by atoms with Crippen molar-refractivity contribution in [2.24, 2.45) is 5.73 Å². The van der Waals surface area contributed by atoms with Crippen molar-refractivity contribution in [3.63, 3.8) is 0 Å². The van der Waals surface area contributed by atoms with Crippen molar-refractivity contribution in [2.45, 2.75) is 19.4 Å². The van der Waals surface area contributed by atoms with Crippen LogP contribution in [0.1, 0.15) is 18.1 Å². The van der Waals surface area contributed by atoms with Crippen molar-refractivity contribution < 1.29 is 14.3 Å². The minimum atomic E-state index is -0.795. The second kappa shape index (κ2) is 7.92. The van der Waals surface area contributed by atoms with Crippen LogP contribution in [0, 0.1) is 11.3 Å². The van der Waals surface area contributed by atoms with Gasteiger partial charge in [0.1, 0.15) is 12.6 Å². The van der Waals surface area contributed by atoms with E-state index in [1.807, 2.05) is 6.07 Å². The quantitative estimate of drug-likeness (QED) is 0.736. The molecule has 1 atom stereocenters. The first-order valence-electron chi connectivity index (χ1n) is 6.22. The molecular weight excluding hydrogens is 258 g/mol. The smallest absolute Gasteiger partial charge is 0.246 e. The standard InChI is InChI=1S/C14H17N3O3/c1-2-20-9-13(18)17-12(14(16)19)7-10-3-5-11(8-15)6-4-10/h3-6,12H,2,7,9H2,1H3,(H2,16,19)(H,17,18)/t12-/m1/s1. The lowest BCUT2D eigenvalue weighted by Crippen LogP contribution is -2.47. The number of hydrogen-bond acceptors (Lipinski definition) is 4. The van der Waals surface area contributed by atoms with Gasteiger partial charge in [0.25, 0.3) is 0 Å². The molecule has 6 heteroatoms. The molecule has 106 valence electrons. The van der Waals surface area contributed by atoms with E-state index < -0.39 is 11.9 Å². The summed E-state index contributed by atoms with van der Waals surface area (Å²) >= 11 is 0. The van der Waals surface area contributed by atoms with Crippen molar-refractivity contribution in [2.75, 3.05) is 13.2 Å². The topological polar surface area (TPSA) is 105 Å². The monoisotopic (exact) mass is 275 g/mol. The fourth-order valence-electron chi connectivity index (χ4n) is 1.60. The largest absolute Gasteiger partial charge is 0.372 e. The van der Waals surface area contributed by atoms with E-state index in [0.29, 0.717) is 12.2 Å². The van der Waals surface area contributed by atoms with Gasteiger partial charge < -0.3 is 15.8 Å². The van der Waals surface area contributed by atoms with Gasteiger partial charge in [-0.15, -0.1) is 0 Å². The molecule has 0 saturated carbocycles. The van der Waals surface area contributed by atoms with Crippen molar-refractivity contribution in [3.8, 4) is 6.07 Å². The minimum absolute atomic E-state index is 0.104. The van der Waals surface area contributed by atoms with Gasteiger partial charge in [0.2, 0.25) is 11.8 Å². The van der Waals surface area contributed by atoms with Gasteiger partial charge in [0, 0.05) is 13.0 Å². The highest BCUT2D eigenvalue weighted by Crippen LogP contribution is 2.06. The lowest BCUT2D eigenvalue weighted by Gasteiger charge is -2.15. The Morgan fingerprint density at radius 2 is 2.05 bits per heavy atom. The van der Waals surface area contributed by atoms with E-state index in [-0.39, 0.29) is 18.9 Å². The van der Waals surface area contributed by atoms with Gasteiger partial charge in [0.15, 0.2) is 0 Å². The SMILES string of the molecule is CCOCC(=O)N[C@H](Cc1ccc(C#N)cc1)C(N)=O. The first kappa shape index (κ1) is 15.7. The number of nitriles is 1. The molecule has 0 aliphatic carbocycles. The average Bonchev–Trinajstić information content (AvgIpc) is 2.45. The maximum atomic E-state index is 11.5. The Labute approximate surface area is 117 Å². The Kier molecular flexibility index (Phi) is 6.20. The zero-order chi connectivity index (χ0) is 15.0. The van der Waals surface area contributed by atoms with E-state index in [4.69, 9.17) is 15.7 Å². The van der Waals surface area contributed by atoms with Crippen molar-refractivity contribution in [1.82, 2.24) is 5.32 Å². The van der Waals surface area contributed by atoms with Crippen LogP contribution in [0.25, 0.3) is 0 Å². The molecule has 1 rings (SSSR count). The third-order valence-corrected chi connectivity index (χ3v) is 2.64. The zero-order valence-electron chi connectivity index (χ0n) is 11.3. The third-order valence-electron chi connectivity index (χ3n) is 2.64.